The summed E-state index contributed by atoms with van der Waals surface area (Å²) in [6, 6.07) is 25.3. The number of aromatic nitrogens is 2. The normalized spacial score (nSPS) is 11.2. The molecule has 0 spiro atoms. The number of rotatable bonds is 4. The summed E-state index contributed by atoms with van der Waals surface area (Å²) in [6.45, 7) is 0. The molecule has 1 heterocycles. The van der Waals surface area contributed by atoms with Crippen molar-refractivity contribution in [2.75, 3.05) is 19.0 Å². The van der Waals surface area contributed by atoms with Crippen LogP contribution >= 0.6 is 0 Å². The maximum Gasteiger partial charge on any atom is 0.266 e. The molecule has 0 aliphatic heterocycles. The molecular weight excluding hydrogens is 346 g/mol. The number of nitrogens with zero attached hydrogens (tertiary/aromatic N) is 3. The van der Waals surface area contributed by atoms with Crippen LogP contribution in [0.1, 0.15) is 11.4 Å². The average molecular weight is 367 g/mol. The summed E-state index contributed by atoms with van der Waals surface area (Å²) in [7, 11) is 4.03. The smallest absolute Gasteiger partial charge is 0.266 e. The van der Waals surface area contributed by atoms with E-state index >= 15 is 0 Å². The van der Waals surface area contributed by atoms with Crippen LogP contribution in [0.15, 0.2) is 83.7 Å². The number of hydrogen-bond acceptors (Lipinski definition) is 3. The highest BCUT2D eigenvalue weighted by Crippen LogP contribution is 2.17. The maximum atomic E-state index is 13.2. The number of hydrogen-bond donors (Lipinski definition) is 0. The second-order valence-corrected chi connectivity index (χ2v) is 6.78. The largest absolute Gasteiger partial charge is 0.378 e. The Kier molecular flexibility index (Phi) is 4.77. The molecule has 0 N–H and O–H groups in total. The third-order valence-electron chi connectivity index (χ3n) is 4.65. The Hall–Kier alpha value is -3.66. The molecule has 0 bridgehead atoms. The fourth-order valence-electron chi connectivity index (χ4n) is 3.14. The van der Waals surface area contributed by atoms with Crippen molar-refractivity contribution >= 4 is 28.7 Å². The van der Waals surface area contributed by atoms with Crippen molar-refractivity contribution in [1.82, 2.24) is 9.55 Å². The Morgan fingerprint density at radius 3 is 2.21 bits per heavy atom. The highest BCUT2D eigenvalue weighted by molar-refractivity contribution is 5.80. The zero-order chi connectivity index (χ0) is 19.5. The third kappa shape index (κ3) is 3.45. The lowest BCUT2D eigenvalue weighted by Gasteiger charge is -2.12. The van der Waals surface area contributed by atoms with Crippen LogP contribution in [0.2, 0.25) is 0 Å². The highest BCUT2D eigenvalue weighted by Gasteiger charge is 2.10. The van der Waals surface area contributed by atoms with Crippen LogP contribution in [0.3, 0.4) is 0 Å². The average Bonchev–Trinajstić information content (AvgIpc) is 2.73. The molecular formula is C24H21N3O. The molecule has 1 aromatic heterocycles. The van der Waals surface area contributed by atoms with E-state index in [-0.39, 0.29) is 5.56 Å². The topological polar surface area (TPSA) is 38.1 Å². The molecule has 0 amide bonds. The van der Waals surface area contributed by atoms with Crippen LogP contribution in [-0.2, 0) is 0 Å². The van der Waals surface area contributed by atoms with Crippen LogP contribution in [0.5, 0.6) is 0 Å². The second-order valence-electron chi connectivity index (χ2n) is 6.78. The Morgan fingerprint density at radius 2 is 1.50 bits per heavy atom. The monoisotopic (exact) mass is 367 g/mol. The van der Waals surface area contributed by atoms with Crippen molar-refractivity contribution in [3.05, 3.63) is 101 Å². The van der Waals surface area contributed by atoms with E-state index in [1.165, 1.54) is 0 Å². The molecule has 3 aromatic carbocycles. The summed E-state index contributed by atoms with van der Waals surface area (Å²) >= 11 is 0. The van der Waals surface area contributed by atoms with Crippen molar-refractivity contribution < 1.29 is 0 Å². The molecule has 138 valence electrons. The first-order valence-electron chi connectivity index (χ1n) is 9.16. The number of para-hydroxylation sites is 2. The van der Waals surface area contributed by atoms with Crippen molar-refractivity contribution in [1.29, 1.82) is 0 Å². The van der Waals surface area contributed by atoms with E-state index in [1.54, 1.807) is 4.57 Å². The lowest BCUT2D eigenvalue weighted by Crippen LogP contribution is -2.22. The van der Waals surface area contributed by atoms with Crippen molar-refractivity contribution in [2.45, 2.75) is 0 Å². The van der Waals surface area contributed by atoms with Gasteiger partial charge in [-0.3, -0.25) is 9.36 Å². The fourth-order valence-corrected chi connectivity index (χ4v) is 3.14. The minimum atomic E-state index is -0.0700. The SMILES string of the molecule is CN(C)c1ccc(/C=C\c2nc3ccccc3c(=O)n2-c2ccccc2)cc1. The molecule has 28 heavy (non-hydrogen) atoms. The molecule has 0 fully saturated rings. The molecule has 0 aliphatic rings. The minimum absolute atomic E-state index is 0.0700. The lowest BCUT2D eigenvalue weighted by molar-refractivity contribution is 0.944. The van der Waals surface area contributed by atoms with Crippen molar-refractivity contribution in [3.63, 3.8) is 0 Å². The second kappa shape index (κ2) is 7.53. The Labute approximate surface area is 164 Å². The van der Waals surface area contributed by atoms with Crippen LogP contribution in [0.4, 0.5) is 5.69 Å². The fraction of sp³-hybridized carbons (Fsp3) is 0.0833. The van der Waals surface area contributed by atoms with Crippen LogP contribution in [-0.4, -0.2) is 23.6 Å². The lowest BCUT2D eigenvalue weighted by atomic mass is 10.1. The molecule has 0 aliphatic carbocycles. The van der Waals surface area contributed by atoms with E-state index in [2.05, 4.69) is 29.2 Å². The van der Waals surface area contributed by atoms with E-state index in [0.717, 1.165) is 16.9 Å². The third-order valence-corrected chi connectivity index (χ3v) is 4.65. The molecule has 4 aromatic rings. The first-order chi connectivity index (χ1) is 13.6. The number of anilines is 1. The molecule has 0 saturated carbocycles. The summed E-state index contributed by atoms with van der Waals surface area (Å²) < 4.78 is 1.66. The summed E-state index contributed by atoms with van der Waals surface area (Å²) in [5, 5.41) is 0.610. The van der Waals surface area contributed by atoms with Crippen LogP contribution in [0, 0.1) is 0 Å². The van der Waals surface area contributed by atoms with Crippen molar-refractivity contribution in [2.24, 2.45) is 0 Å². The predicted molar refractivity (Wildman–Crippen MR) is 117 cm³/mol. The quantitative estimate of drug-likeness (QED) is 0.528. The Bertz CT molecular complexity index is 1190. The van der Waals surface area contributed by atoms with Gasteiger partial charge in [0.1, 0.15) is 5.82 Å². The molecule has 4 nitrogen and oxygen atoms in total. The van der Waals surface area contributed by atoms with Gasteiger partial charge in [-0.05, 0) is 48.0 Å². The standard InChI is InChI=1S/C24H21N3O/c1-26(2)19-15-12-18(13-16-19)14-17-23-25-22-11-7-6-10-21(22)24(28)27(23)20-8-4-3-5-9-20/h3-17H,1-2H3/b17-14-. The van der Waals surface area contributed by atoms with E-state index < -0.39 is 0 Å². The van der Waals surface area contributed by atoms with Gasteiger partial charge in [0.25, 0.3) is 5.56 Å². The highest BCUT2D eigenvalue weighted by atomic mass is 16.1. The zero-order valence-corrected chi connectivity index (χ0v) is 15.9. The van der Waals surface area contributed by atoms with Gasteiger partial charge in [-0.2, -0.15) is 0 Å². The van der Waals surface area contributed by atoms with Gasteiger partial charge in [-0.25, -0.2) is 4.98 Å². The number of benzene rings is 3. The van der Waals surface area contributed by atoms with Crippen molar-refractivity contribution in [3.8, 4) is 5.69 Å². The molecule has 4 rings (SSSR count). The maximum absolute atomic E-state index is 13.2. The molecule has 0 saturated heterocycles. The van der Waals surface area contributed by atoms with Crippen LogP contribution < -0.4 is 10.5 Å². The molecule has 4 heteroatoms. The van der Waals surface area contributed by atoms with Gasteiger partial charge in [0.15, 0.2) is 0 Å². The van der Waals surface area contributed by atoms with Gasteiger partial charge in [-0.1, -0.05) is 48.5 Å². The zero-order valence-electron chi connectivity index (χ0n) is 15.9. The van der Waals surface area contributed by atoms with E-state index in [0.29, 0.717) is 16.7 Å². The van der Waals surface area contributed by atoms with Gasteiger partial charge in [0.2, 0.25) is 0 Å². The first kappa shape index (κ1) is 17.7. The summed E-state index contributed by atoms with van der Waals surface area (Å²) in [6.07, 6.45) is 3.88. The van der Waals surface area contributed by atoms with Gasteiger partial charge in [0.05, 0.1) is 16.6 Å². The van der Waals surface area contributed by atoms with E-state index in [1.807, 2.05) is 80.8 Å². The summed E-state index contributed by atoms with van der Waals surface area (Å²) in [4.78, 5) is 20.0. The number of fused-ring (bicyclic) bond motifs is 1. The van der Waals surface area contributed by atoms with Crippen LogP contribution in [0.25, 0.3) is 28.7 Å². The van der Waals surface area contributed by atoms with E-state index in [9.17, 15) is 4.79 Å². The predicted octanol–water partition coefficient (Wildman–Crippen LogP) is 4.62. The molecule has 0 radical (unpaired) electrons. The van der Waals surface area contributed by atoms with Gasteiger partial charge >= 0.3 is 0 Å². The Morgan fingerprint density at radius 1 is 0.821 bits per heavy atom. The minimum Gasteiger partial charge on any atom is -0.378 e. The van der Waals surface area contributed by atoms with Gasteiger partial charge < -0.3 is 4.90 Å². The summed E-state index contributed by atoms with van der Waals surface area (Å²) in [5.41, 5.74) is 3.62. The molecule has 0 atom stereocenters. The van der Waals surface area contributed by atoms with E-state index in [4.69, 9.17) is 4.98 Å². The Balaban J connectivity index is 1.84. The summed E-state index contributed by atoms with van der Waals surface area (Å²) in [5.74, 6) is 0.603. The molecule has 0 unspecified atom stereocenters. The van der Waals surface area contributed by atoms with Gasteiger partial charge in [-0.15, -0.1) is 0 Å². The van der Waals surface area contributed by atoms with Gasteiger partial charge in [0, 0.05) is 19.8 Å². The first-order valence-corrected chi connectivity index (χ1v) is 9.16.